The summed E-state index contributed by atoms with van der Waals surface area (Å²) in [6.07, 6.45) is 0. The Labute approximate surface area is 92.6 Å². The SMILES string of the molecule is Cc1ccc(-c2cccc(=S)[nH]2)cc1F. The minimum Gasteiger partial charge on any atom is -0.346 e. The zero-order valence-corrected chi connectivity index (χ0v) is 9.07. The van der Waals surface area contributed by atoms with Gasteiger partial charge in [0.2, 0.25) is 0 Å². The first kappa shape index (κ1) is 10.1. The fourth-order valence-corrected chi connectivity index (χ4v) is 1.57. The number of rotatable bonds is 1. The number of benzene rings is 1. The van der Waals surface area contributed by atoms with Crippen LogP contribution in [0.5, 0.6) is 0 Å². The summed E-state index contributed by atoms with van der Waals surface area (Å²) in [5.41, 5.74) is 2.29. The summed E-state index contributed by atoms with van der Waals surface area (Å²) in [5, 5.41) is 0. The van der Waals surface area contributed by atoms with E-state index in [0.717, 1.165) is 11.3 Å². The number of aromatic nitrogens is 1. The molecule has 1 N–H and O–H groups in total. The molecule has 0 atom stereocenters. The number of aryl methyl sites for hydroxylation is 1. The Morgan fingerprint density at radius 1 is 1.20 bits per heavy atom. The van der Waals surface area contributed by atoms with Crippen LogP contribution in [-0.2, 0) is 0 Å². The second-order valence-electron chi connectivity index (χ2n) is 3.39. The Bertz CT molecular complexity index is 545. The molecule has 0 saturated carbocycles. The summed E-state index contributed by atoms with van der Waals surface area (Å²) in [6.45, 7) is 1.74. The van der Waals surface area contributed by atoms with Crippen molar-refractivity contribution in [3.8, 4) is 11.3 Å². The summed E-state index contributed by atoms with van der Waals surface area (Å²) >= 11 is 5.01. The smallest absolute Gasteiger partial charge is 0.126 e. The van der Waals surface area contributed by atoms with Gasteiger partial charge in [0.1, 0.15) is 10.5 Å². The zero-order valence-electron chi connectivity index (χ0n) is 8.25. The molecular weight excluding hydrogens is 209 g/mol. The average Bonchev–Trinajstić information content (AvgIpc) is 2.22. The van der Waals surface area contributed by atoms with Crippen LogP contribution < -0.4 is 0 Å². The summed E-state index contributed by atoms with van der Waals surface area (Å²) < 4.78 is 14.0. The monoisotopic (exact) mass is 219 g/mol. The van der Waals surface area contributed by atoms with Gasteiger partial charge >= 0.3 is 0 Å². The summed E-state index contributed by atoms with van der Waals surface area (Å²) in [4.78, 5) is 3.02. The van der Waals surface area contributed by atoms with Gasteiger partial charge in [-0.25, -0.2) is 4.39 Å². The molecule has 0 fully saturated rings. The first-order valence-corrected chi connectivity index (χ1v) is 5.03. The third kappa shape index (κ3) is 2.13. The first-order valence-electron chi connectivity index (χ1n) is 4.63. The molecule has 1 aromatic carbocycles. The van der Waals surface area contributed by atoms with E-state index in [4.69, 9.17) is 12.2 Å². The average molecular weight is 219 g/mol. The van der Waals surface area contributed by atoms with E-state index >= 15 is 0 Å². The molecule has 0 aliphatic heterocycles. The number of pyridine rings is 1. The van der Waals surface area contributed by atoms with Crippen LogP contribution in [0.15, 0.2) is 36.4 Å². The molecule has 0 aliphatic rings. The molecule has 2 rings (SSSR count). The van der Waals surface area contributed by atoms with E-state index < -0.39 is 0 Å². The van der Waals surface area contributed by atoms with Gasteiger partial charge in [0.05, 0.1) is 0 Å². The van der Waals surface area contributed by atoms with E-state index in [9.17, 15) is 4.39 Å². The maximum atomic E-state index is 13.3. The van der Waals surface area contributed by atoms with Crippen LogP contribution in [-0.4, -0.2) is 4.98 Å². The molecule has 3 heteroatoms. The second-order valence-corrected chi connectivity index (χ2v) is 3.83. The lowest BCUT2D eigenvalue weighted by Gasteiger charge is -2.03. The largest absolute Gasteiger partial charge is 0.346 e. The lowest BCUT2D eigenvalue weighted by molar-refractivity contribution is 0.619. The molecule has 15 heavy (non-hydrogen) atoms. The van der Waals surface area contributed by atoms with Crippen LogP contribution in [0.25, 0.3) is 11.3 Å². The molecular formula is C12H10FNS. The molecule has 0 bridgehead atoms. The highest BCUT2D eigenvalue weighted by Crippen LogP contribution is 2.19. The van der Waals surface area contributed by atoms with Crippen LogP contribution in [0.1, 0.15) is 5.56 Å². The Hall–Kier alpha value is -1.48. The van der Waals surface area contributed by atoms with Gasteiger partial charge in [-0.2, -0.15) is 0 Å². The quantitative estimate of drug-likeness (QED) is 0.720. The van der Waals surface area contributed by atoms with Crippen molar-refractivity contribution in [3.63, 3.8) is 0 Å². The molecule has 0 unspecified atom stereocenters. The Balaban J connectivity index is 2.55. The van der Waals surface area contributed by atoms with E-state index in [1.165, 1.54) is 6.07 Å². The molecule has 0 saturated heterocycles. The van der Waals surface area contributed by atoms with Gasteiger partial charge in [-0.3, -0.25) is 0 Å². The van der Waals surface area contributed by atoms with Crippen molar-refractivity contribution >= 4 is 12.2 Å². The molecule has 76 valence electrons. The molecule has 2 aromatic rings. The van der Waals surface area contributed by atoms with Crippen molar-refractivity contribution in [2.75, 3.05) is 0 Å². The molecule has 0 radical (unpaired) electrons. The maximum absolute atomic E-state index is 13.3. The van der Waals surface area contributed by atoms with Gasteiger partial charge in [-0.15, -0.1) is 0 Å². The van der Waals surface area contributed by atoms with Crippen molar-refractivity contribution in [1.82, 2.24) is 4.98 Å². The normalized spacial score (nSPS) is 10.3. The number of hydrogen-bond acceptors (Lipinski definition) is 1. The Kier molecular flexibility index (Phi) is 2.64. The van der Waals surface area contributed by atoms with E-state index in [0.29, 0.717) is 10.2 Å². The number of hydrogen-bond donors (Lipinski definition) is 1. The number of halogens is 1. The standard InChI is InChI=1S/C12H10FNS/c1-8-5-6-9(7-10(8)13)11-3-2-4-12(15)14-11/h2-7H,1H3,(H,14,15). The van der Waals surface area contributed by atoms with Gasteiger partial charge in [0, 0.05) is 11.3 Å². The fraction of sp³-hybridized carbons (Fsp3) is 0.0833. The van der Waals surface area contributed by atoms with Gasteiger partial charge < -0.3 is 4.98 Å². The summed E-state index contributed by atoms with van der Waals surface area (Å²) in [5.74, 6) is -0.198. The topological polar surface area (TPSA) is 15.8 Å². The lowest BCUT2D eigenvalue weighted by Crippen LogP contribution is -1.87. The van der Waals surface area contributed by atoms with Gasteiger partial charge in [0.25, 0.3) is 0 Å². The predicted molar refractivity (Wildman–Crippen MR) is 61.8 cm³/mol. The minimum absolute atomic E-state index is 0.198. The minimum atomic E-state index is -0.198. The van der Waals surface area contributed by atoms with Crippen LogP contribution in [0, 0.1) is 17.4 Å². The Morgan fingerprint density at radius 2 is 2.00 bits per heavy atom. The zero-order chi connectivity index (χ0) is 10.8. The number of H-pyrrole nitrogens is 1. The third-order valence-corrected chi connectivity index (χ3v) is 2.49. The highest BCUT2D eigenvalue weighted by Gasteiger charge is 2.01. The van der Waals surface area contributed by atoms with E-state index in [-0.39, 0.29) is 5.82 Å². The van der Waals surface area contributed by atoms with Crippen LogP contribution >= 0.6 is 12.2 Å². The van der Waals surface area contributed by atoms with Crippen molar-refractivity contribution < 1.29 is 4.39 Å². The van der Waals surface area contributed by atoms with Crippen LogP contribution in [0.2, 0.25) is 0 Å². The highest BCUT2D eigenvalue weighted by molar-refractivity contribution is 7.71. The van der Waals surface area contributed by atoms with Crippen LogP contribution in [0.4, 0.5) is 4.39 Å². The van der Waals surface area contributed by atoms with Gasteiger partial charge in [0.15, 0.2) is 0 Å². The van der Waals surface area contributed by atoms with E-state index in [2.05, 4.69) is 4.98 Å². The second kappa shape index (κ2) is 3.95. The lowest BCUT2D eigenvalue weighted by atomic mass is 10.1. The van der Waals surface area contributed by atoms with E-state index in [1.807, 2.05) is 18.2 Å². The van der Waals surface area contributed by atoms with Crippen LogP contribution in [0.3, 0.4) is 0 Å². The highest BCUT2D eigenvalue weighted by atomic mass is 32.1. The van der Waals surface area contributed by atoms with E-state index in [1.54, 1.807) is 19.1 Å². The van der Waals surface area contributed by atoms with Crippen molar-refractivity contribution in [2.45, 2.75) is 6.92 Å². The van der Waals surface area contributed by atoms with Gasteiger partial charge in [-0.05, 0) is 30.7 Å². The summed E-state index contributed by atoms with van der Waals surface area (Å²) in [7, 11) is 0. The molecule has 0 aliphatic carbocycles. The maximum Gasteiger partial charge on any atom is 0.126 e. The number of aromatic amines is 1. The third-order valence-electron chi connectivity index (χ3n) is 2.25. The van der Waals surface area contributed by atoms with Crippen molar-refractivity contribution in [1.29, 1.82) is 0 Å². The van der Waals surface area contributed by atoms with Crippen molar-refractivity contribution in [2.24, 2.45) is 0 Å². The van der Waals surface area contributed by atoms with Gasteiger partial charge in [-0.1, -0.05) is 30.4 Å². The van der Waals surface area contributed by atoms with Crippen molar-refractivity contribution in [3.05, 3.63) is 52.4 Å². The molecule has 0 spiro atoms. The summed E-state index contributed by atoms with van der Waals surface area (Å²) in [6, 6.07) is 10.7. The predicted octanol–water partition coefficient (Wildman–Crippen LogP) is 3.86. The molecule has 1 nitrogen and oxygen atoms in total. The number of nitrogens with one attached hydrogen (secondary N) is 1. The Morgan fingerprint density at radius 3 is 2.67 bits per heavy atom. The molecule has 1 aromatic heterocycles. The molecule has 1 heterocycles. The molecule has 0 amide bonds. The fourth-order valence-electron chi connectivity index (χ4n) is 1.38. The first-order chi connectivity index (χ1) is 7.16.